The maximum Gasteiger partial charge on any atom is 0.310 e. The fourth-order valence-corrected chi connectivity index (χ4v) is 6.91. The van der Waals surface area contributed by atoms with E-state index in [0.29, 0.717) is 24.3 Å². The lowest BCUT2D eigenvalue weighted by Crippen LogP contribution is -2.59. The molecule has 3 heterocycles. The monoisotopic (exact) mass is 514 g/mol. The van der Waals surface area contributed by atoms with Crippen LogP contribution in [-0.2, 0) is 19.1 Å². The lowest BCUT2D eigenvalue weighted by Gasteiger charge is -2.40. The van der Waals surface area contributed by atoms with Gasteiger partial charge >= 0.3 is 5.97 Å². The normalized spacial score (nSPS) is 32.9. The Morgan fingerprint density at radius 1 is 1.32 bits per heavy atom. The number of carboxylic acids is 1. The number of benzene rings is 1. The summed E-state index contributed by atoms with van der Waals surface area (Å²) in [6.45, 7) is 11.3. The summed E-state index contributed by atoms with van der Waals surface area (Å²) >= 11 is 0. The van der Waals surface area contributed by atoms with E-state index in [0.717, 1.165) is 0 Å². The van der Waals surface area contributed by atoms with Crippen LogP contribution in [0.15, 0.2) is 36.9 Å². The van der Waals surface area contributed by atoms with Gasteiger partial charge in [-0.1, -0.05) is 26.8 Å². The van der Waals surface area contributed by atoms with Crippen LogP contribution in [0.3, 0.4) is 0 Å². The molecule has 0 aliphatic carbocycles. The van der Waals surface area contributed by atoms with Gasteiger partial charge in [0.05, 0.1) is 31.3 Å². The summed E-state index contributed by atoms with van der Waals surface area (Å²) < 4.78 is 11.8. The van der Waals surface area contributed by atoms with Gasteiger partial charge in [-0.2, -0.15) is 0 Å². The van der Waals surface area contributed by atoms with Crippen molar-refractivity contribution in [3.8, 4) is 5.75 Å². The highest BCUT2D eigenvalue weighted by atomic mass is 16.5. The fraction of sp³-hybridized carbons (Fsp3) is 0.607. The quantitative estimate of drug-likeness (QED) is 0.461. The number of hydrogen-bond donors (Lipinski definition) is 2. The van der Waals surface area contributed by atoms with Crippen molar-refractivity contribution in [3.63, 3.8) is 0 Å². The van der Waals surface area contributed by atoms with Gasteiger partial charge in [0, 0.05) is 12.2 Å². The molecule has 4 rings (SSSR count). The van der Waals surface area contributed by atoms with Crippen molar-refractivity contribution in [3.05, 3.63) is 36.9 Å². The summed E-state index contributed by atoms with van der Waals surface area (Å²) in [7, 11) is 1.56. The molecule has 3 fully saturated rings. The third-order valence-corrected chi connectivity index (χ3v) is 8.56. The smallest absolute Gasteiger partial charge is 0.310 e. The number of anilines is 1. The molecule has 3 saturated heterocycles. The van der Waals surface area contributed by atoms with Crippen molar-refractivity contribution < 1.29 is 34.1 Å². The number of carbonyl (C=O) groups excluding carboxylic acids is 2. The number of carboxylic acid groups (broad SMARTS) is 1. The van der Waals surface area contributed by atoms with Gasteiger partial charge in [0.2, 0.25) is 5.91 Å². The number of fused-ring (bicyclic) bond motifs is 1. The molecule has 202 valence electrons. The summed E-state index contributed by atoms with van der Waals surface area (Å²) in [6, 6.07) is 5.26. The molecule has 1 aromatic carbocycles. The van der Waals surface area contributed by atoms with Crippen LogP contribution < -0.4 is 9.64 Å². The number of methoxy groups -OCH3 is 1. The molecule has 9 nitrogen and oxygen atoms in total. The third-order valence-electron chi connectivity index (χ3n) is 8.56. The number of aliphatic hydroxyl groups excluding tert-OH is 1. The zero-order valence-electron chi connectivity index (χ0n) is 22.2. The number of hydrogen-bond acceptors (Lipinski definition) is 6. The molecule has 7 atom stereocenters. The van der Waals surface area contributed by atoms with Crippen LogP contribution >= 0.6 is 0 Å². The molecule has 1 aromatic rings. The SMILES string of the molecule is C=CCN(C(=O)C1N([C@@H](CO)CC(C)C)C(=O)[C@@H]2[C@@H](C(=O)O)[C@]3(C)OC12CC3C)c1ccc(OC)cc1. The Balaban J connectivity index is 1.87. The summed E-state index contributed by atoms with van der Waals surface area (Å²) in [6.07, 6.45) is 2.44. The summed E-state index contributed by atoms with van der Waals surface area (Å²) in [5.41, 5.74) is -1.79. The van der Waals surface area contributed by atoms with E-state index < -0.39 is 47.0 Å². The van der Waals surface area contributed by atoms with Crippen molar-refractivity contribution in [1.29, 1.82) is 0 Å². The minimum Gasteiger partial charge on any atom is -0.497 e. The average Bonchev–Trinajstić information content (AvgIpc) is 3.37. The molecule has 9 heteroatoms. The second kappa shape index (κ2) is 9.76. The molecule has 2 bridgehead atoms. The van der Waals surface area contributed by atoms with Gasteiger partial charge in [-0.05, 0) is 55.9 Å². The molecular weight excluding hydrogens is 476 g/mol. The maximum atomic E-state index is 14.5. The number of likely N-dealkylation sites (tertiary alicyclic amines) is 1. The zero-order chi connectivity index (χ0) is 27.3. The van der Waals surface area contributed by atoms with Crippen LogP contribution in [0.5, 0.6) is 5.75 Å². The number of carbonyl (C=O) groups is 3. The second-order valence-corrected chi connectivity index (χ2v) is 11.2. The highest BCUT2D eigenvalue weighted by Gasteiger charge is 2.80. The third kappa shape index (κ3) is 4.03. The molecule has 1 spiro atoms. The number of amides is 2. The van der Waals surface area contributed by atoms with Crippen molar-refractivity contribution in [2.75, 3.05) is 25.2 Å². The molecule has 3 unspecified atom stereocenters. The van der Waals surface area contributed by atoms with Crippen molar-refractivity contribution in [2.45, 2.75) is 63.8 Å². The van der Waals surface area contributed by atoms with Crippen LogP contribution in [0.25, 0.3) is 0 Å². The van der Waals surface area contributed by atoms with E-state index >= 15 is 0 Å². The van der Waals surface area contributed by atoms with E-state index in [1.165, 1.54) is 9.80 Å². The topological polar surface area (TPSA) is 117 Å². The molecule has 0 aromatic heterocycles. The lowest BCUT2D eigenvalue weighted by molar-refractivity contribution is -0.157. The van der Waals surface area contributed by atoms with Gasteiger partial charge in [0.15, 0.2) is 0 Å². The largest absolute Gasteiger partial charge is 0.497 e. The van der Waals surface area contributed by atoms with Gasteiger partial charge in [-0.25, -0.2) is 0 Å². The van der Waals surface area contributed by atoms with Gasteiger partial charge < -0.3 is 29.5 Å². The fourth-order valence-electron chi connectivity index (χ4n) is 6.91. The van der Waals surface area contributed by atoms with E-state index in [1.54, 1.807) is 44.4 Å². The standard InChI is InChI=1S/C28H38N2O7/c1-7-12-29(18-8-10-20(36-6)11-9-18)25(33)23-28-14-17(4)27(5,37-28)22(26(34)35)21(28)24(32)30(23)19(15-31)13-16(2)3/h7-11,16-17,19,21-23,31H,1,12-15H2,2-6H3,(H,34,35)/t17?,19-,21+,22+,23?,27-,28?/m1/s1. The number of nitrogens with zero attached hydrogens (tertiary/aromatic N) is 2. The van der Waals surface area contributed by atoms with Crippen molar-refractivity contribution in [1.82, 2.24) is 4.90 Å². The number of rotatable bonds is 10. The number of ether oxygens (including phenoxy) is 2. The Hall–Kier alpha value is -2.91. The molecule has 0 saturated carbocycles. The van der Waals surface area contributed by atoms with Crippen LogP contribution in [0.4, 0.5) is 5.69 Å². The summed E-state index contributed by atoms with van der Waals surface area (Å²) in [5, 5.41) is 20.6. The van der Waals surface area contributed by atoms with Crippen LogP contribution in [0.1, 0.15) is 40.5 Å². The summed E-state index contributed by atoms with van der Waals surface area (Å²) in [5.74, 6) is -3.44. The molecular formula is C28H38N2O7. The van der Waals surface area contributed by atoms with Gasteiger partial charge in [-0.3, -0.25) is 14.4 Å². The predicted octanol–water partition coefficient (Wildman–Crippen LogP) is 2.72. The van der Waals surface area contributed by atoms with E-state index in [1.807, 2.05) is 20.8 Å². The van der Waals surface area contributed by atoms with E-state index in [2.05, 4.69) is 6.58 Å². The molecule has 0 radical (unpaired) electrons. The Morgan fingerprint density at radius 3 is 2.49 bits per heavy atom. The van der Waals surface area contributed by atoms with Gasteiger partial charge in [0.1, 0.15) is 23.3 Å². The van der Waals surface area contributed by atoms with Crippen molar-refractivity contribution in [2.24, 2.45) is 23.7 Å². The number of aliphatic carboxylic acids is 1. The first-order valence-corrected chi connectivity index (χ1v) is 12.9. The maximum absolute atomic E-state index is 14.5. The minimum absolute atomic E-state index is 0.133. The predicted molar refractivity (Wildman–Crippen MR) is 137 cm³/mol. The zero-order valence-corrected chi connectivity index (χ0v) is 22.2. The Labute approximate surface area is 218 Å². The van der Waals surface area contributed by atoms with E-state index in [9.17, 15) is 24.6 Å². The number of aliphatic hydroxyl groups is 1. The lowest BCUT2D eigenvalue weighted by atomic mass is 9.62. The first-order chi connectivity index (χ1) is 17.5. The second-order valence-electron chi connectivity index (χ2n) is 11.2. The minimum atomic E-state index is -1.30. The highest BCUT2D eigenvalue weighted by Crippen LogP contribution is 2.65. The van der Waals surface area contributed by atoms with Crippen LogP contribution in [0, 0.1) is 23.7 Å². The molecule has 2 amide bonds. The van der Waals surface area contributed by atoms with E-state index in [4.69, 9.17) is 9.47 Å². The molecule has 2 N–H and O–H groups in total. The van der Waals surface area contributed by atoms with Crippen molar-refractivity contribution >= 4 is 23.5 Å². The first-order valence-electron chi connectivity index (χ1n) is 12.9. The highest BCUT2D eigenvalue weighted by molar-refractivity contribution is 6.05. The Morgan fingerprint density at radius 2 is 1.97 bits per heavy atom. The van der Waals surface area contributed by atoms with Gasteiger partial charge in [0.25, 0.3) is 5.91 Å². The Kier molecular flexibility index (Phi) is 7.16. The average molecular weight is 515 g/mol. The van der Waals surface area contributed by atoms with Crippen LogP contribution in [0.2, 0.25) is 0 Å². The molecule has 37 heavy (non-hydrogen) atoms. The van der Waals surface area contributed by atoms with E-state index in [-0.39, 0.29) is 30.9 Å². The van der Waals surface area contributed by atoms with Gasteiger partial charge in [-0.15, -0.1) is 6.58 Å². The molecule has 3 aliphatic rings. The van der Waals surface area contributed by atoms with Crippen LogP contribution in [-0.4, -0.2) is 76.4 Å². The summed E-state index contributed by atoms with van der Waals surface area (Å²) in [4.78, 5) is 44.1. The first kappa shape index (κ1) is 27.1. The molecule has 3 aliphatic heterocycles. The Bertz CT molecular complexity index is 1070.